The zero-order valence-corrected chi connectivity index (χ0v) is 19.8. The van der Waals surface area contributed by atoms with Crippen molar-refractivity contribution in [3.63, 3.8) is 0 Å². The van der Waals surface area contributed by atoms with Gasteiger partial charge in [-0.05, 0) is 54.2 Å². The lowest BCUT2D eigenvalue weighted by atomic mass is 9.91. The fourth-order valence-corrected chi connectivity index (χ4v) is 5.12. The number of rotatable bonds is 9. The molecule has 1 unspecified atom stereocenters. The zero-order valence-electron chi connectivity index (χ0n) is 19.8. The second-order valence-electron chi connectivity index (χ2n) is 9.01. The molecule has 2 aliphatic rings. The molecule has 1 heterocycles. The largest absolute Gasteiger partial charge is 0.493 e. The highest BCUT2D eigenvalue weighted by atomic mass is 16.6. The molecule has 34 heavy (non-hydrogen) atoms. The lowest BCUT2D eigenvalue weighted by molar-refractivity contribution is -0.384. The monoisotopic (exact) mass is 468 g/mol. The lowest BCUT2D eigenvalue weighted by Crippen LogP contribution is -2.42. The van der Waals surface area contributed by atoms with Crippen molar-refractivity contribution < 1.29 is 23.9 Å². The normalized spacial score (nSPS) is 17.8. The van der Waals surface area contributed by atoms with Gasteiger partial charge in [0.1, 0.15) is 12.4 Å². The average molecular weight is 469 g/mol. The molecule has 1 aliphatic heterocycles. The Morgan fingerprint density at radius 2 is 1.76 bits per heavy atom. The van der Waals surface area contributed by atoms with E-state index in [2.05, 4.69) is 0 Å². The second kappa shape index (κ2) is 10.8. The summed E-state index contributed by atoms with van der Waals surface area (Å²) in [5.41, 5.74) is 2.10. The first-order chi connectivity index (χ1) is 16.5. The van der Waals surface area contributed by atoms with Crippen LogP contribution in [0.15, 0.2) is 36.4 Å². The highest BCUT2D eigenvalue weighted by Crippen LogP contribution is 2.39. The summed E-state index contributed by atoms with van der Waals surface area (Å²) in [6, 6.07) is 9.65. The average Bonchev–Trinajstić information content (AvgIpc) is 3.38. The van der Waals surface area contributed by atoms with Crippen molar-refractivity contribution in [1.29, 1.82) is 0 Å². The number of nitro benzene ring substituents is 1. The van der Waals surface area contributed by atoms with Crippen molar-refractivity contribution >= 4 is 11.6 Å². The van der Waals surface area contributed by atoms with Crippen molar-refractivity contribution in [3.8, 4) is 17.2 Å². The molecule has 1 fully saturated rings. The van der Waals surface area contributed by atoms with Gasteiger partial charge in [0.05, 0.1) is 25.2 Å². The predicted molar refractivity (Wildman–Crippen MR) is 127 cm³/mol. The van der Waals surface area contributed by atoms with Crippen LogP contribution in [0.5, 0.6) is 17.2 Å². The van der Waals surface area contributed by atoms with Crippen LogP contribution in [-0.2, 0) is 11.2 Å². The maximum absolute atomic E-state index is 13.3. The van der Waals surface area contributed by atoms with Gasteiger partial charge in [0.15, 0.2) is 11.5 Å². The molecule has 0 saturated heterocycles. The molecular formula is C26H32N2O6. The van der Waals surface area contributed by atoms with E-state index in [1.54, 1.807) is 26.4 Å². The predicted octanol–water partition coefficient (Wildman–Crippen LogP) is 5.09. The maximum Gasteiger partial charge on any atom is 0.269 e. The van der Waals surface area contributed by atoms with Gasteiger partial charge in [-0.15, -0.1) is 0 Å². The Morgan fingerprint density at radius 1 is 1.09 bits per heavy atom. The summed E-state index contributed by atoms with van der Waals surface area (Å²) in [5, 5.41) is 10.9. The summed E-state index contributed by atoms with van der Waals surface area (Å²) >= 11 is 0. The molecule has 1 atom stereocenters. The van der Waals surface area contributed by atoms with Crippen LogP contribution in [0.2, 0.25) is 0 Å². The highest BCUT2D eigenvalue weighted by molar-refractivity contribution is 5.77. The van der Waals surface area contributed by atoms with Gasteiger partial charge in [0, 0.05) is 25.1 Å². The molecule has 0 radical (unpaired) electrons. The molecule has 8 heteroatoms. The standard InChI is InChI=1S/C26H32N2O6/c1-32-24-15-19-13-14-27(26(29)12-7-18-5-3-4-6-18)23(22(19)16-25(24)33-2)17-34-21-10-8-20(9-11-21)28(30)31/h8-11,15-16,18,23H,3-7,12-14,17H2,1-2H3. The number of benzene rings is 2. The van der Waals surface area contributed by atoms with Gasteiger partial charge in [-0.2, -0.15) is 0 Å². The van der Waals surface area contributed by atoms with Crippen molar-refractivity contribution in [2.75, 3.05) is 27.4 Å². The molecule has 0 bridgehead atoms. The van der Waals surface area contributed by atoms with Crippen LogP contribution in [0.4, 0.5) is 5.69 Å². The molecule has 1 aliphatic carbocycles. The first-order valence-corrected chi connectivity index (χ1v) is 11.9. The van der Waals surface area contributed by atoms with Gasteiger partial charge >= 0.3 is 0 Å². The summed E-state index contributed by atoms with van der Waals surface area (Å²) in [7, 11) is 3.21. The van der Waals surface area contributed by atoms with Crippen LogP contribution >= 0.6 is 0 Å². The minimum atomic E-state index is -0.439. The van der Waals surface area contributed by atoms with Gasteiger partial charge < -0.3 is 19.1 Å². The van der Waals surface area contributed by atoms with Crippen molar-refractivity contribution in [3.05, 3.63) is 57.6 Å². The zero-order chi connectivity index (χ0) is 24.1. The number of nitrogens with zero attached hydrogens (tertiary/aromatic N) is 2. The molecule has 182 valence electrons. The summed E-state index contributed by atoms with van der Waals surface area (Å²) < 4.78 is 17.0. The van der Waals surface area contributed by atoms with E-state index in [0.717, 1.165) is 24.0 Å². The Balaban J connectivity index is 1.56. The fourth-order valence-electron chi connectivity index (χ4n) is 5.12. The third-order valence-corrected chi connectivity index (χ3v) is 7.02. The van der Waals surface area contributed by atoms with E-state index in [-0.39, 0.29) is 24.2 Å². The molecule has 1 amide bonds. The van der Waals surface area contributed by atoms with Crippen molar-refractivity contribution in [2.24, 2.45) is 5.92 Å². The Morgan fingerprint density at radius 3 is 2.41 bits per heavy atom. The SMILES string of the molecule is COc1cc2c(cc1OC)C(COc1ccc([N+](=O)[O-])cc1)N(C(=O)CCC1CCCC1)CC2. The van der Waals surface area contributed by atoms with E-state index in [9.17, 15) is 14.9 Å². The topological polar surface area (TPSA) is 91.1 Å². The van der Waals surface area contributed by atoms with Crippen LogP contribution in [-0.4, -0.2) is 43.1 Å². The van der Waals surface area contributed by atoms with Crippen LogP contribution in [0.3, 0.4) is 0 Å². The Hall–Kier alpha value is -3.29. The number of non-ortho nitro benzene ring substituents is 1. The summed E-state index contributed by atoms with van der Waals surface area (Å²) in [6.07, 6.45) is 7.19. The number of carbonyl (C=O) groups is 1. The van der Waals surface area contributed by atoms with E-state index in [1.807, 2.05) is 17.0 Å². The van der Waals surface area contributed by atoms with Gasteiger partial charge in [-0.25, -0.2) is 0 Å². The molecule has 8 nitrogen and oxygen atoms in total. The van der Waals surface area contributed by atoms with Crippen molar-refractivity contribution in [2.45, 2.75) is 51.0 Å². The lowest BCUT2D eigenvalue weighted by Gasteiger charge is -2.38. The Bertz CT molecular complexity index is 1020. The van der Waals surface area contributed by atoms with Crippen LogP contribution in [0.25, 0.3) is 0 Å². The number of methoxy groups -OCH3 is 2. The number of amides is 1. The minimum absolute atomic E-state index is 0.0101. The third kappa shape index (κ3) is 5.26. The third-order valence-electron chi connectivity index (χ3n) is 7.02. The molecular weight excluding hydrogens is 436 g/mol. The van der Waals surface area contributed by atoms with Crippen LogP contribution in [0, 0.1) is 16.0 Å². The van der Waals surface area contributed by atoms with Gasteiger partial charge in [0.2, 0.25) is 5.91 Å². The summed E-state index contributed by atoms with van der Waals surface area (Å²) in [5.74, 6) is 2.60. The highest BCUT2D eigenvalue weighted by Gasteiger charge is 2.33. The van der Waals surface area contributed by atoms with Crippen molar-refractivity contribution in [1.82, 2.24) is 4.90 Å². The second-order valence-corrected chi connectivity index (χ2v) is 9.01. The van der Waals surface area contributed by atoms with E-state index in [0.29, 0.717) is 36.1 Å². The van der Waals surface area contributed by atoms with E-state index < -0.39 is 4.92 Å². The maximum atomic E-state index is 13.3. The van der Waals surface area contributed by atoms with E-state index >= 15 is 0 Å². The molecule has 1 saturated carbocycles. The number of carbonyl (C=O) groups excluding carboxylic acids is 1. The van der Waals surface area contributed by atoms with Gasteiger partial charge in [0.25, 0.3) is 5.69 Å². The minimum Gasteiger partial charge on any atom is -0.493 e. The smallest absolute Gasteiger partial charge is 0.269 e. The number of nitro groups is 1. The number of fused-ring (bicyclic) bond motifs is 1. The fraction of sp³-hybridized carbons (Fsp3) is 0.500. The summed E-state index contributed by atoms with van der Waals surface area (Å²) in [6.45, 7) is 0.857. The van der Waals surface area contributed by atoms with E-state index in [1.165, 1.54) is 37.8 Å². The van der Waals surface area contributed by atoms with Gasteiger partial charge in [-0.1, -0.05) is 25.7 Å². The Kier molecular flexibility index (Phi) is 7.55. The number of hydrogen-bond donors (Lipinski definition) is 0. The number of hydrogen-bond acceptors (Lipinski definition) is 6. The first-order valence-electron chi connectivity index (χ1n) is 11.9. The first kappa shape index (κ1) is 23.9. The Labute approximate surface area is 200 Å². The molecule has 0 spiro atoms. The van der Waals surface area contributed by atoms with E-state index in [4.69, 9.17) is 14.2 Å². The van der Waals surface area contributed by atoms with Crippen LogP contribution < -0.4 is 14.2 Å². The molecule has 2 aromatic rings. The molecule has 0 aromatic heterocycles. The van der Waals surface area contributed by atoms with Crippen LogP contribution in [0.1, 0.15) is 55.7 Å². The molecule has 0 N–H and O–H groups in total. The molecule has 2 aromatic carbocycles. The quantitative estimate of drug-likeness (QED) is 0.376. The summed E-state index contributed by atoms with van der Waals surface area (Å²) in [4.78, 5) is 25.7. The number of ether oxygens (including phenoxy) is 3. The van der Waals surface area contributed by atoms with Gasteiger partial charge in [-0.3, -0.25) is 14.9 Å². The molecule has 4 rings (SSSR count).